The van der Waals surface area contributed by atoms with Crippen LogP contribution in [0.25, 0.3) is 11.4 Å². The van der Waals surface area contributed by atoms with Gasteiger partial charge < -0.3 is 9.84 Å². The molecule has 8 heteroatoms. The molecule has 1 fully saturated rings. The molecule has 0 radical (unpaired) electrons. The van der Waals surface area contributed by atoms with Gasteiger partial charge >= 0.3 is 0 Å². The van der Waals surface area contributed by atoms with Crippen LogP contribution < -0.4 is 5.32 Å². The van der Waals surface area contributed by atoms with Crippen LogP contribution in [-0.4, -0.2) is 40.6 Å². The number of aryl methyl sites for hydroxylation is 1. The summed E-state index contributed by atoms with van der Waals surface area (Å²) in [6.07, 6.45) is 1.89. The fourth-order valence-corrected chi connectivity index (χ4v) is 4.42. The van der Waals surface area contributed by atoms with Crippen LogP contribution in [0, 0.1) is 12.7 Å². The van der Waals surface area contributed by atoms with Crippen molar-refractivity contribution in [3.63, 3.8) is 0 Å². The number of thiophene rings is 1. The number of benzene rings is 1. The third-order valence-electron chi connectivity index (χ3n) is 5.16. The van der Waals surface area contributed by atoms with Gasteiger partial charge in [-0.1, -0.05) is 17.3 Å². The highest BCUT2D eigenvalue weighted by Gasteiger charge is 2.27. The van der Waals surface area contributed by atoms with E-state index in [0.29, 0.717) is 36.9 Å². The molecule has 1 amide bonds. The molecule has 3 heterocycles. The van der Waals surface area contributed by atoms with Gasteiger partial charge in [0.05, 0.1) is 19.0 Å². The van der Waals surface area contributed by atoms with E-state index in [1.807, 2.05) is 5.38 Å². The molecule has 3 aromatic rings. The molecule has 152 valence electrons. The van der Waals surface area contributed by atoms with Gasteiger partial charge in [0.1, 0.15) is 5.82 Å². The SMILES string of the molecule is Cc1ccsc1CNC(=O)CN1CCCC(c2nc(-c3cccc(F)c3)no2)C1. The van der Waals surface area contributed by atoms with Crippen molar-refractivity contribution >= 4 is 17.2 Å². The van der Waals surface area contributed by atoms with E-state index in [-0.39, 0.29) is 17.6 Å². The molecule has 1 saturated heterocycles. The van der Waals surface area contributed by atoms with Gasteiger partial charge in [-0.2, -0.15) is 4.98 Å². The second-order valence-electron chi connectivity index (χ2n) is 7.34. The van der Waals surface area contributed by atoms with E-state index in [2.05, 4.69) is 33.3 Å². The van der Waals surface area contributed by atoms with Crippen molar-refractivity contribution in [1.29, 1.82) is 0 Å². The number of aromatic nitrogens is 2. The van der Waals surface area contributed by atoms with Crippen molar-refractivity contribution in [2.24, 2.45) is 0 Å². The highest BCUT2D eigenvalue weighted by molar-refractivity contribution is 7.10. The lowest BCUT2D eigenvalue weighted by Gasteiger charge is -2.30. The lowest BCUT2D eigenvalue weighted by atomic mass is 9.98. The van der Waals surface area contributed by atoms with Gasteiger partial charge in [0.15, 0.2) is 0 Å². The molecule has 0 aliphatic carbocycles. The summed E-state index contributed by atoms with van der Waals surface area (Å²) < 4.78 is 18.9. The fourth-order valence-electron chi connectivity index (χ4n) is 3.57. The zero-order chi connectivity index (χ0) is 20.2. The van der Waals surface area contributed by atoms with Crippen molar-refractivity contribution in [3.8, 4) is 11.4 Å². The lowest BCUT2D eigenvalue weighted by molar-refractivity contribution is -0.122. The largest absolute Gasteiger partial charge is 0.350 e. The van der Waals surface area contributed by atoms with Crippen LogP contribution in [0.3, 0.4) is 0 Å². The number of likely N-dealkylation sites (tertiary alicyclic amines) is 1. The van der Waals surface area contributed by atoms with Gasteiger partial charge in [-0.25, -0.2) is 4.39 Å². The van der Waals surface area contributed by atoms with Crippen LogP contribution in [0.2, 0.25) is 0 Å². The molecule has 1 aliphatic heterocycles. The average molecular weight is 415 g/mol. The van der Waals surface area contributed by atoms with Gasteiger partial charge in [0.2, 0.25) is 17.6 Å². The van der Waals surface area contributed by atoms with E-state index < -0.39 is 0 Å². The average Bonchev–Trinajstić information content (AvgIpc) is 3.36. The first-order valence-corrected chi connectivity index (χ1v) is 10.6. The Morgan fingerprint density at radius 1 is 1.41 bits per heavy atom. The number of halogens is 1. The Labute approximate surface area is 172 Å². The molecular formula is C21H23FN4O2S. The number of hydrogen-bond acceptors (Lipinski definition) is 6. The Morgan fingerprint density at radius 3 is 3.10 bits per heavy atom. The summed E-state index contributed by atoms with van der Waals surface area (Å²) in [4.78, 5) is 20.1. The smallest absolute Gasteiger partial charge is 0.234 e. The molecule has 1 aliphatic rings. The van der Waals surface area contributed by atoms with Crippen LogP contribution in [0.15, 0.2) is 40.2 Å². The normalized spacial score (nSPS) is 17.4. The van der Waals surface area contributed by atoms with Gasteiger partial charge in [-0.15, -0.1) is 11.3 Å². The number of carbonyl (C=O) groups excluding carboxylic acids is 1. The molecule has 1 N–H and O–H groups in total. The molecular weight excluding hydrogens is 391 g/mol. The van der Waals surface area contributed by atoms with Crippen LogP contribution in [0.4, 0.5) is 4.39 Å². The van der Waals surface area contributed by atoms with Crippen LogP contribution in [0.5, 0.6) is 0 Å². The van der Waals surface area contributed by atoms with Crippen molar-refractivity contribution in [2.75, 3.05) is 19.6 Å². The van der Waals surface area contributed by atoms with Crippen LogP contribution in [-0.2, 0) is 11.3 Å². The number of nitrogens with one attached hydrogen (secondary N) is 1. The van der Waals surface area contributed by atoms with Crippen molar-refractivity contribution in [1.82, 2.24) is 20.4 Å². The highest BCUT2D eigenvalue weighted by atomic mass is 32.1. The number of rotatable bonds is 6. The zero-order valence-electron chi connectivity index (χ0n) is 16.2. The summed E-state index contributed by atoms with van der Waals surface area (Å²) in [5.41, 5.74) is 1.80. The summed E-state index contributed by atoms with van der Waals surface area (Å²) in [5, 5.41) is 9.04. The number of piperidine rings is 1. The molecule has 1 aromatic carbocycles. The maximum atomic E-state index is 13.4. The Hall–Kier alpha value is -2.58. The Balaban J connectivity index is 1.33. The van der Waals surface area contributed by atoms with Crippen molar-refractivity contribution < 1.29 is 13.7 Å². The molecule has 1 unspecified atom stereocenters. The van der Waals surface area contributed by atoms with Crippen LogP contribution in [0.1, 0.15) is 35.1 Å². The van der Waals surface area contributed by atoms with Gasteiger partial charge in [-0.05, 0) is 55.5 Å². The molecule has 4 rings (SSSR count). The second-order valence-corrected chi connectivity index (χ2v) is 8.35. The monoisotopic (exact) mass is 414 g/mol. The number of hydrogen-bond donors (Lipinski definition) is 1. The molecule has 0 spiro atoms. The summed E-state index contributed by atoms with van der Waals surface area (Å²) in [6, 6.07) is 8.21. The maximum absolute atomic E-state index is 13.4. The maximum Gasteiger partial charge on any atom is 0.234 e. The zero-order valence-corrected chi connectivity index (χ0v) is 17.0. The predicted molar refractivity (Wildman–Crippen MR) is 109 cm³/mol. The minimum atomic E-state index is -0.332. The Bertz CT molecular complexity index is 986. The van der Waals surface area contributed by atoms with E-state index in [1.54, 1.807) is 23.5 Å². The number of carbonyl (C=O) groups is 1. The quantitative estimate of drug-likeness (QED) is 0.665. The summed E-state index contributed by atoms with van der Waals surface area (Å²) in [5.74, 6) is 0.695. The topological polar surface area (TPSA) is 71.3 Å². The highest BCUT2D eigenvalue weighted by Crippen LogP contribution is 2.27. The van der Waals surface area contributed by atoms with Crippen molar-refractivity contribution in [2.45, 2.75) is 32.2 Å². The van der Waals surface area contributed by atoms with E-state index in [9.17, 15) is 9.18 Å². The van der Waals surface area contributed by atoms with E-state index in [4.69, 9.17) is 4.52 Å². The van der Waals surface area contributed by atoms with Gasteiger partial charge in [-0.3, -0.25) is 9.69 Å². The first-order chi connectivity index (χ1) is 14.1. The summed E-state index contributed by atoms with van der Waals surface area (Å²) in [7, 11) is 0. The molecule has 1 atom stereocenters. The fraction of sp³-hybridized carbons (Fsp3) is 0.381. The molecule has 0 bridgehead atoms. The minimum absolute atomic E-state index is 0.0180. The first-order valence-electron chi connectivity index (χ1n) is 9.70. The molecule has 2 aromatic heterocycles. The summed E-state index contributed by atoms with van der Waals surface area (Å²) in [6.45, 7) is 4.53. The molecule has 6 nitrogen and oxygen atoms in total. The third kappa shape index (κ3) is 4.89. The van der Waals surface area contributed by atoms with Crippen LogP contribution >= 0.6 is 11.3 Å². The minimum Gasteiger partial charge on any atom is -0.350 e. The Kier molecular flexibility index (Phi) is 6.01. The Morgan fingerprint density at radius 2 is 2.31 bits per heavy atom. The lowest BCUT2D eigenvalue weighted by Crippen LogP contribution is -2.41. The summed E-state index contributed by atoms with van der Waals surface area (Å²) >= 11 is 1.66. The number of amides is 1. The van der Waals surface area contributed by atoms with Gasteiger partial charge in [0.25, 0.3) is 0 Å². The standard InChI is InChI=1S/C21H23FN4O2S/c1-14-7-9-29-18(14)11-23-19(27)13-26-8-3-5-16(12-26)21-24-20(25-28-21)15-4-2-6-17(22)10-15/h2,4,6-7,9-10,16H,3,5,8,11-13H2,1H3,(H,23,27). The van der Waals surface area contributed by atoms with Gasteiger partial charge in [0, 0.05) is 17.0 Å². The van der Waals surface area contributed by atoms with Crippen molar-refractivity contribution in [3.05, 3.63) is 57.9 Å². The number of nitrogens with zero attached hydrogens (tertiary/aromatic N) is 3. The molecule has 29 heavy (non-hydrogen) atoms. The second kappa shape index (κ2) is 8.84. The molecule has 0 saturated carbocycles. The third-order valence-corrected chi connectivity index (χ3v) is 6.18. The van der Waals surface area contributed by atoms with E-state index >= 15 is 0 Å². The first kappa shape index (κ1) is 19.7. The van der Waals surface area contributed by atoms with E-state index in [1.165, 1.54) is 22.6 Å². The predicted octanol–water partition coefficient (Wildman–Crippen LogP) is 3.74. The van der Waals surface area contributed by atoms with E-state index in [0.717, 1.165) is 19.4 Å².